The van der Waals surface area contributed by atoms with E-state index in [0.29, 0.717) is 12.8 Å². The Labute approximate surface area is 147 Å². The van der Waals surface area contributed by atoms with E-state index in [2.05, 4.69) is 6.07 Å². The molecular weight excluding hydrogens is 316 g/mol. The highest BCUT2D eigenvalue weighted by atomic mass is 35.5. The summed E-state index contributed by atoms with van der Waals surface area (Å²) in [5, 5.41) is 0.741. The summed E-state index contributed by atoms with van der Waals surface area (Å²) in [5.74, 6) is 0.241. The highest BCUT2D eigenvalue weighted by molar-refractivity contribution is 6.30. The van der Waals surface area contributed by atoms with Crippen molar-refractivity contribution >= 4 is 17.4 Å². The summed E-state index contributed by atoms with van der Waals surface area (Å²) in [7, 11) is 0. The third-order valence-electron chi connectivity index (χ3n) is 4.06. The van der Waals surface area contributed by atoms with E-state index in [-0.39, 0.29) is 5.78 Å². The van der Waals surface area contributed by atoms with Crippen LogP contribution in [0.1, 0.15) is 22.3 Å². The van der Waals surface area contributed by atoms with Crippen molar-refractivity contribution in [1.29, 1.82) is 0 Å². The monoisotopic (exact) mass is 334 g/mol. The van der Waals surface area contributed by atoms with E-state index >= 15 is 0 Å². The van der Waals surface area contributed by atoms with Gasteiger partial charge >= 0.3 is 0 Å². The number of hydrogen-bond acceptors (Lipinski definition) is 1. The van der Waals surface area contributed by atoms with Gasteiger partial charge < -0.3 is 0 Å². The number of rotatable bonds is 6. The van der Waals surface area contributed by atoms with E-state index in [1.807, 2.05) is 72.8 Å². The van der Waals surface area contributed by atoms with E-state index < -0.39 is 0 Å². The number of carbonyl (C=O) groups excluding carboxylic acids is 1. The normalized spacial score (nSPS) is 10.5. The first-order valence-corrected chi connectivity index (χ1v) is 8.45. The zero-order valence-electron chi connectivity index (χ0n) is 13.4. The molecule has 0 spiro atoms. The molecule has 0 heterocycles. The van der Waals surface area contributed by atoms with Crippen LogP contribution in [0, 0.1) is 0 Å². The molecule has 1 nitrogen and oxygen atoms in total. The molecule has 0 aliphatic rings. The second-order valence-electron chi connectivity index (χ2n) is 5.95. The minimum Gasteiger partial charge on any atom is -0.299 e. The van der Waals surface area contributed by atoms with Gasteiger partial charge in [0.1, 0.15) is 5.78 Å². The van der Waals surface area contributed by atoms with Crippen LogP contribution in [0.15, 0.2) is 78.9 Å². The third kappa shape index (κ3) is 4.56. The van der Waals surface area contributed by atoms with Crippen LogP contribution in [0.25, 0.3) is 0 Å². The van der Waals surface area contributed by atoms with Crippen molar-refractivity contribution in [2.75, 3.05) is 0 Å². The molecule has 3 rings (SSSR count). The molecule has 0 saturated carbocycles. The zero-order chi connectivity index (χ0) is 16.8. The predicted molar refractivity (Wildman–Crippen MR) is 99.6 cm³/mol. The van der Waals surface area contributed by atoms with Gasteiger partial charge in [-0.25, -0.2) is 0 Å². The lowest BCUT2D eigenvalue weighted by atomic mass is 9.95. The first kappa shape index (κ1) is 16.5. The van der Waals surface area contributed by atoms with Gasteiger partial charge in [-0.3, -0.25) is 4.79 Å². The molecule has 24 heavy (non-hydrogen) atoms. The largest absolute Gasteiger partial charge is 0.299 e. The maximum atomic E-state index is 12.4. The van der Waals surface area contributed by atoms with E-state index in [0.717, 1.165) is 22.6 Å². The lowest BCUT2D eigenvalue weighted by molar-refractivity contribution is -0.117. The van der Waals surface area contributed by atoms with Crippen molar-refractivity contribution in [1.82, 2.24) is 0 Å². The Balaban J connectivity index is 1.71. The first-order chi connectivity index (χ1) is 11.7. The number of Topliss-reactive ketones (excluding diaryl/α,β-unsaturated/α-hetero) is 1. The minimum atomic E-state index is 0.241. The first-order valence-electron chi connectivity index (χ1n) is 8.07. The van der Waals surface area contributed by atoms with Crippen LogP contribution in [-0.2, 0) is 24.1 Å². The van der Waals surface area contributed by atoms with Crippen LogP contribution in [0.5, 0.6) is 0 Å². The second kappa shape index (κ2) is 7.94. The van der Waals surface area contributed by atoms with Crippen molar-refractivity contribution in [3.8, 4) is 0 Å². The van der Waals surface area contributed by atoms with Gasteiger partial charge in [0.05, 0.1) is 0 Å². The predicted octanol–water partition coefficient (Wildman–Crippen LogP) is 5.29. The van der Waals surface area contributed by atoms with Crippen molar-refractivity contribution < 1.29 is 4.79 Å². The van der Waals surface area contributed by atoms with Gasteiger partial charge in [-0.15, -0.1) is 0 Å². The summed E-state index contributed by atoms with van der Waals surface area (Å²) >= 11 is 5.95. The van der Waals surface area contributed by atoms with E-state index in [9.17, 15) is 4.79 Å². The molecule has 3 aromatic rings. The van der Waals surface area contributed by atoms with Gasteiger partial charge in [0.15, 0.2) is 0 Å². The van der Waals surface area contributed by atoms with Crippen LogP contribution < -0.4 is 0 Å². The summed E-state index contributed by atoms with van der Waals surface area (Å²) in [6.45, 7) is 0. The maximum Gasteiger partial charge on any atom is 0.141 e. The number of benzene rings is 3. The van der Waals surface area contributed by atoms with E-state index in [4.69, 9.17) is 11.6 Å². The molecule has 0 atom stereocenters. The lowest BCUT2D eigenvalue weighted by Crippen LogP contribution is -2.08. The molecule has 0 aliphatic heterocycles. The van der Waals surface area contributed by atoms with Crippen molar-refractivity contribution in [2.45, 2.75) is 19.3 Å². The highest BCUT2D eigenvalue weighted by Crippen LogP contribution is 2.18. The maximum absolute atomic E-state index is 12.4. The minimum absolute atomic E-state index is 0.241. The second-order valence-corrected chi connectivity index (χ2v) is 6.39. The summed E-state index contributed by atoms with van der Waals surface area (Å²) in [4.78, 5) is 12.4. The van der Waals surface area contributed by atoms with Crippen molar-refractivity contribution in [3.63, 3.8) is 0 Å². The van der Waals surface area contributed by atoms with Gasteiger partial charge in [-0.1, -0.05) is 78.3 Å². The molecule has 120 valence electrons. The molecule has 0 aromatic heterocycles. The van der Waals surface area contributed by atoms with Gasteiger partial charge in [0, 0.05) is 17.9 Å². The molecule has 0 fully saturated rings. The fourth-order valence-electron chi connectivity index (χ4n) is 2.82. The Hall–Kier alpha value is -2.38. The quantitative estimate of drug-likeness (QED) is 0.599. The summed E-state index contributed by atoms with van der Waals surface area (Å²) in [5.41, 5.74) is 4.56. The Kier molecular flexibility index (Phi) is 5.45. The summed E-state index contributed by atoms with van der Waals surface area (Å²) in [6.07, 6.45) is 1.76. The number of ketones is 1. The van der Waals surface area contributed by atoms with Gasteiger partial charge in [0.25, 0.3) is 0 Å². The Morgan fingerprint density at radius 1 is 0.667 bits per heavy atom. The molecular formula is C22H19ClO. The standard InChI is InChI=1S/C22H19ClO/c23-21-12-10-18(11-13-21)14-19-8-4-5-9-20(19)16-22(24)15-17-6-2-1-3-7-17/h1-13H,14-16H2. The molecule has 0 unspecified atom stereocenters. The smallest absolute Gasteiger partial charge is 0.141 e. The molecule has 0 radical (unpaired) electrons. The van der Waals surface area contributed by atoms with Crippen LogP contribution in [0.2, 0.25) is 5.02 Å². The summed E-state index contributed by atoms with van der Waals surface area (Å²) in [6, 6.07) is 25.9. The van der Waals surface area contributed by atoms with E-state index in [1.54, 1.807) is 0 Å². The highest BCUT2D eigenvalue weighted by Gasteiger charge is 2.09. The van der Waals surface area contributed by atoms with Gasteiger partial charge in [0.2, 0.25) is 0 Å². The van der Waals surface area contributed by atoms with Crippen LogP contribution in [0.4, 0.5) is 0 Å². The number of hydrogen-bond donors (Lipinski definition) is 0. The number of halogens is 1. The van der Waals surface area contributed by atoms with Gasteiger partial charge in [-0.05, 0) is 40.8 Å². The zero-order valence-corrected chi connectivity index (χ0v) is 14.2. The number of carbonyl (C=O) groups is 1. The molecule has 3 aromatic carbocycles. The van der Waals surface area contributed by atoms with Crippen molar-refractivity contribution in [2.24, 2.45) is 0 Å². The lowest BCUT2D eigenvalue weighted by Gasteiger charge is -2.09. The fraction of sp³-hybridized carbons (Fsp3) is 0.136. The van der Waals surface area contributed by atoms with Gasteiger partial charge in [-0.2, -0.15) is 0 Å². The van der Waals surface area contributed by atoms with E-state index in [1.165, 1.54) is 11.1 Å². The molecule has 0 saturated heterocycles. The molecule has 0 N–H and O–H groups in total. The topological polar surface area (TPSA) is 17.1 Å². The molecule has 0 bridgehead atoms. The molecule has 0 amide bonds. The molecule has 0 aliphatic carbocycles. The average Bonchev–Trinajstić information content (AvgIpc) is 2.59. The van der Waals surface area contributed by atoms with Crippen molar-refractivity contribution in [3.05, 3.63) is 106 Å². The summed E-state index contributed by atoms with van der Waals surface area (Å²) < 4.78 is 0. The third-order valence-corrected chi connectivity index (χ3v) is 4.31. The van der Waals surface area contributed by atoms with Crippen LogP contribution in [-0.4, -0.2) is 5.78 Å². The SMILES string of the molecule is O=C(Cc1ccccc1)Cc1ccccc1Cc1ccc(Cl)cc1. The Morgan fingerprint density at radius 3 is 2.00 bits per heavy atom. The van der Waals surface area contributed by atoms with Crippen LogP contribution in [0.3, 0.4) is 0 Å². The Morgan fingerprint density at radius 2 is 1.29 bits per heavy atom. The fourth-order valence-corrected chi connectivity index (χ4v) is 2.95. The Bertz CT molecular complexity index is 807. The average molecular weight is 335 g/mol. The molecule has 2 heteroatoms. The van der Waals surface area contributed by atoms with Crippen LogP contribution >= 0.6 is 11.6 Å².